The Morgan fingerprint density at radius 2 is 1.85 bits per heavy atom. The molecule has 27 heavy (non-hydrogen) atoms. The van der Waals surface area contributed by atoms with Crippen LogP contribution >= 0.6 is 0 Å². The molecule has 0 aliphatic carbocycles. The molecule has 2 aromatic rings. The van der Waals surface area contributed by atoms with Crippen molar-refractivity contribution in [1.29, 1.82) is 0 Å². The number of hydrogen-bond acceptors (Lipinski definition) is 4. The summed E-state index contributed by atoms with van der Waals surface area (Å²) in [5, 5.41) is 9.80. The number of amides is 1. The summed E-state index contributed by atoms with van der Waals surface area (Å²) < 4.78 is 39.7. The molecule has 1 aromatic carbocycles. The fourth-order valence-electron chi connectivity index (χ4n) is 3.38. The third-order valence-electron chi connectivity index (χ3n) is 4.87. The van der Waals surface area contributed by atoms with Crippen molar-refractivity contribution >= 4 is 11.6 Å². The lowest BCUT2D eigenvalue weighted by molar-refractivity contribution is -0.137. The van der Waals surface area contributed by atoms with Crippen molar-refractivity contribution in [1.82, 2.24) is 9.88 Å². The van der Waals surface area contributed by atoms with E-state index in [9.17, 15) is 23.1 Å². The largest absolute Gasteiger partial charge is 0.505 e. The summed E-state index contributed by atoms with van der Waals surface area (Å²) in [5.41, 5.74) is -0.504. The Hall–Kier alpha value is -2.77. The Morgan fingerprint density at radius 1 is 1.19 bits per heavy atom. The number of carbonyl (C=O) groups excluding carboxylic acids is 1. The Kier molecular flexibility index (Phi) is 5.25. The second kappa shape index (κ2) is 7.46. The van der Waals surface area contributed by atoms with Gasteiger partial charge in [-0.15, -0.1) is 0 Å². The molecule has 1 aliphatic heterocycles. The average Bonchev–Trinajstić information content (AvgIpc) is 2.67. The van der Waals surface area contributed by atoms with Gasteiger partial charge in [-0.25, -0.2) is 4.98 Å². The highest BCUT2D eigenvalue weighted by molar-refractivity contribution is 5.94. The molecule has 5 nitrogen and oxygen atoms in total. The molecule has 0 unspecified atom stereocenters. The van der Waals surface area contributed by atoms with Crippen LogP contribution < -0.4 is 4.90 Å². The number of piperidine rings is 1. The van der Waals surface area contributed by atoms with Crippen LogP contribution in [0.3, 0.4) is 0 Å². The van der Waals surface area contributed by atoms with Crippen molar-refractivity contribution in [2.45, 2.75) is 25.1 Å². The Balaban J connectivity index is 1.69. The van der Waals surface area contributed by atoms with Crippen LogP contribution in [0.5, 0.6) is 5.75 Å². The van der Waals surface area contributed by atoms with Gasteiger partial charge in [0.2, 0.25) is 0 Å². The number of nitrogens with zero attached hydrogens (tertiary/aromatic N) is 3. The molecule has 0 radical (unpaired) electrons. The molecular weight excluding hydrogens is 359 g/mol. The van der Waals surface area contributed by atoms with Gasteiger partial charge >= 0.3 is 6.18 Å². The quantitative estimate of drug-likeness (QED) is 0.886. The summed E-state index contributed by atoms with van der Waals surface area (Å²) in [5.74, 6) is -0.590. The van der Waals surface area contributed by atoms with E-state index in [2.05, 4.69) is 4.98 Å². The molecule has 1 fully saturated rings. The maximum absolute atomic E-state index is 13.2. The van der Waals surface area contributed by atoms with Gasteiger partial charge in [0, 0.05) is 38.1 Å². The fraction of sp³-hybridized carbons (Fsp3) is 0.368. The van der Waals surface area contributed by atoms with E-state index < -0.39 is 17.6 Å². The molecule has 0 atom stereocenters. The van der Waals surface area contributed by atoms with E-state index in [4.69, 9.17) is 0 Å². The van der Waals surface area contributed by atoms with Crippen molar-refractivity contribution in [2.24, 2.45) is 0 Å². The molecule has 144 valence electrons. The van der Waals surface area contributed by atoms with Gasteiger partial charge in [0.1, 0.15) is 5.75 Å². The van der Waals surface area contributed by atoms with Gasteiger partial charge in [0.15, 0.2) is 5.69 Å². The summed E-state index contributed by atoms with van der Waals surface area (Å²) in [6.45, 7) is 0.813. The van der Waals surface area contributed by atoms with Crippen LogP contribution in [0.2, 0.25) is 0 Å². The lowest BCUT2D eigenvalue weighted by Gasteiger charge is -2.38. The van der Waals surface area contributed by atoms with E-state index in [1.54, 1.807) is 18.0 Å². The maximum atomic E-state index is 13.2. The highest BCUT2D eigenvalue weighted by atomic mass is 19.4. The van der Waals surface area contributed by atoms with Crippen LogP contribution in [0.1, 0.15) is 28.9 Å². The zero-order valence-electron chi connectivity index (χ0n) is 14.8. The van der Waals surface area contributed by atoms with Crippen molar-refractivity contribution < 1.29 is 23.1 Å². The maximum Gasteiger partial charge on any atom is 0.418 e. The number of benzene rings is 1. The van der Waals surface area contributed by atoms with Gasteiger partial charge in [-0.05, 0) is 37.1 Å². The summed E-state index contributed by atoms with van der Waals surface area (Å²) in [6, 6.07) is 8.33. The number of aromatic hydroxyl groups is 1. The molecule has 8 heteroatoms. The highest BCUT2D eigenvalue weighted by Gasteiger charge is 2.36. The first-order chi connectivity index (χ1) is 12.8. The molecule has 1 amide bonds. The Bertz CT molecular complexity index is 818. The summed E-state index contributed by atoms with van der Waals surface area (Å²) >= 11 is 0. The number of hydrogen-bond donors (Lipinski definition) is 1. The molecular formula is C19H20F3N3O2. The number of halogens is 3. The smallest absolute Gasteiger partial charge is 0.418 e. The number of pyridine rings is 1. The molecule has 0 spiro atoms. The monoisotopic (exact) mass is 379 g/mol. The number of aromatic nitrogens is 1. The summed E-state index contributed by atoms with van der Waals surface area (Å²) in [6.07, 6.45) is -1.92. The lowest BCUT2D eigenvalue weighted by Crippen LogP contribution is -2.46. The lowest BCUT2D eigenvalue weighted by atomic mass is 10.0. The standard InChI is InChI=1S/C19H20F3N3O2/c1-24(18(27)17-16(26)7-4-10-23-17)13-8-11-25(12-9-13)15-6-3-2-5-14(15)19(20,21)22/h2-7,10,13,26H,8-9,11-12H2,1H3. The second-order valence-corrected chi connectivity index (χ2v) is 6.52. The zero-order valence-corrected chi connectivity index (χ0v) is 14.8. The molecule has 1 aliphatic rings. The van der Waals surface area contributed by atoms with E-state index in [1.165, 1.54) is 35.4 Å². The van der Waals surface area contributed by atoms with E-state index in [0.717, 1.165) is 6.07 Å². The second-order valence-electron chi connectivity index (χ2n) is 6.52. The first kappa shape index (κ1) is 19.0. The first-order valence-corrected chi connectivity index (χ1v) is 8.61. The number of para-hydroxylation sites is 1. The molecule has 0 bridgehead atoms. The average molecular weight is 379 g/mol. The van der Waals surface area contributed by atoms with Crippen molar-refractivity contribution in [3.8, 4) is 5.75 Å². The predicted octanol–water partition coefficient (Wildman–Crippen LogP) is 3.55. The molecule has 3 rings (SSSR count). The third kappa shape index (κ3) is 3.99. The fourth-order valence-corrected chi connectivity index (χ4v) is 3.38. The molecule has 1 N–H and O–H groups in total. The topological polar surface area (TPSA) is 56.7 Å². The number of anilines is 1. The highest BCUT2D eigenvalue weighted by Crippen LogP contribution is 2.37. The normalized spacial score (nSPS) is 15.6. The number of carbonyl (C=O) groups is 1. The van der Waals surface area contributed by atoms with Crippen LogP contribution in [0, 0.1) is 0 Å². The van der Waals surface area contributed by atoms with E-state index in [1.807, 2.05) is 0 Å². The van der Waals surface area contributed by atoms with Crippen molar-refractivity contribution in [2.75, 3.05) is 25.0 Å². The summed E-state index contributed by atoms with van der Waals surface area (Å²) in [4.78, 5) is 19.7. The third-order valence-corrected chi connectivity index (χ3v) is 4.87. The van der Waals surface area contributed by atoms with E-state index in [-0.39, 0.29) is 23.2 Å². The zero-order chi connectivity index (χ0) is 19.6. The van der Waals surface area contributed by atoms with Crippen LogP contribution in [0.25, 0.3) is 0 Å². The van der Waals surface area contributed by atoms with Crippen LogP contribution in [0.15, 0.2) is 42.6 Å². The van der Waals surface area contributed by atoms with Gasteiger partial charge in [0.25, 0.3) is 5.91 Å². The minimum absolute atomic E-state index is 0.0233. The number of alkyl halides is 3. The van der Waals surface area contributed by atoms with Crippen LogP contribution in [-0.4, -0.2) is 47.1 Å². The SMILES string of the molecule is CN(C(=O)c1ncccc1O)C1CCN(c2ccccc2C(F)(F)F)CC1. The predicted molar refractivity (Wildman–Crippen MR) is 94.7 cm³/mol. The minimum Gasteiger partial charge on any atom is -0.505 e. The molecule has 2 heterocycles. The van der Waals surface area contributed by atoms with Gasteiger partial charge in [-0.3, -0.25) is 4.79 Å². The van der Waals surface area contributed by atoms with Crippen molar-refractivity contribution in [3.05, 3.63) is 53.9 Å². The van der Waals surface area contributed by atoms with Crippen molar-refractivity contribution in [3.63, 3.8) is 0 Å². The Morgan fingerprint density at radius 3 is 2.48 bits per heavy atom. The van der Waals surface area contributed by atoms with Crippen LogP contribution in [0.4, 0.5) is 18.9 Å². The van der Waals surface area contributed by atoms with Gasteiger partial charge < -0.3 is 14.9 Å². The minimum atomic E-state index is -4.41. The van der Waals surface area contributed by atoms with E-state index >= 15 is 0 Å². The molecule has 0 saturated carbocycles. The van der Waals surface area contributed by atoms with E-state index in [0.29, 0.717) is 25.9 Å². The van der Waals surface area contributed by atoms with Gasteiger partial charge in [0.05, 0.1) is 5.56 Å². The van der Waals surface area contributed by atoms with Gasteiger partial charge in [-0.2, -0.15) is 13.2 Å². The van der Waals surface area contributed by atoms with Gasteiger partial charge in [-0.1, -0.05) is 12.1 Å². The van der Waals surface area contributed by atoms with Crippen LogP contribution in [-0.2, 0) is 6.18 Å². The number of rotatable bonds is 3. The Labute approximate surface area is 155 Å². The molecule has 1 aromatic heterocycles. The summed E-state index contributed by atoms with van der Waals surface area (Å²) in [7, 11) is 1.63. The first-order valence-electron chi connectivity index (χ1n) is 8.61. The molecule has 1 saturated heterocycles.